The van der Waals surface area contributed by atoms with Crippen LogP contribution in [-0.4, -0.2) is 40.2 Å². The lowest BCUT2D eigenvalue weighted by Gasteiger charge is -2.16. The van der Waals surface area contributed by atoms with Gasteiger partial charge in [-0.2, -0.15) is 10.3 Å². The maximum atomic E-state index is 11.7. The van der Waals surface area contributed by atoms with Crippen LogP contribution in [0.4, 0.5) is 0 Å². The second kappa shape index (κ2) is 4.10. The van der Waals surface area contributed by atoms with Gasteiger partial charge in [0, 0.05) is 5.92 Å². The summed E-state index contributed by atoms with van der Waals surface area (Å²) in [5, 5.41) is 10.5. The van der Waals surface area contributed by atoms with Crippen molar-refractivity contribution < 1.29 is 14.3 Å². The molecule has 0 amide bonds. The number of fused-ring (bicyclic) bond motifs is 2. The maximum Gasteiger partial charge on any atom is 0.360 e. The van der Waals surface area contributed by atoms with Crippen LogP contribution in [0.3, 0.4) is 0 Å². The number of ether oxygens (including phenoxy) is 2. The molecule has 2 aliphatic heterocycles. The summed E-state index contributed by atoms with van der Waals surface area (Å²) in [5.41, 5.74) is 1.02. The van der Waals surface area contributed by atoms with E-state index in [0.29, 0.717) is 24.1 Å². The van der Waals surface area contributed by atoms with E-state index in [0.717, 1.165) is 19.3 Å². The van der Waals surface area contributed by atoms with E-state index in [4.69, 9.17) is 9.47 Å². The largest absolute Gasteiger partial charge is 0.461 e. The number of hydrogen-bond donors (Lipinski definition) is 1. The number of hydrogen-bond acceptors (Lipinski definition) is 5. The van der Waals surface area contributed by atoms with Crippen molar-refractivity contribution in [2.75, 3.05) is 6.61 Å². The average molecular weight is 237 g/mol. The van der Waals surface area contributed by atoms with Crippen LogP contribution < -0.4 is 0 Å². The van der Waals surface area contributed by atoms with Gasteiger partial charge in [0.2, 0.25) is 0 Å². The first-order valence-electron chi connectivity index (χ1n) is 6.02. The third-order valence-corrected chi connectivity index (χ3v) is 3.50. The predicted molar refractivity (Wildman–Crippen MR) is 57.6 cm³/mol. The molecule has 2 fully saturated rings. The molecule has 1 aromatic rings. The Bertz CT molecular complexity index is 431. The molecule has 1 aromatic heterocycles. The van der Waals surface area contributed by atoms with Crippen LogP contribution in [-0.2, 0) is 9.47 Å². The third-order valence-electron chi connectivity index (χ3n) is 3.50. The Morgan fingerprint density at radius 3 is 3.06 bits per heavy atom. The molecule has 2 bridgehead atoms. The van der Waals surface area contributed by atoms with Crippen LogP contribution in [0.15, 0.2) is 0 Å². The number of esters is 1. The van der Waals surface area contributed by atoms with E-state index in [-0.39, 0.29) is 12.0 Å². The van der Waals surface area contributed by atoms with E-state index in [2.05, 4.69) is 15.4 Å². The van der Waals surface area contributed by atoms with Crippen LogP contribution in [0.25, 0.3) is 0 Å². The monoisotopic (exact) mass is 237 g/mol. The first kappa shape index (κ1) is 10.7. The van der Waals surface area contributed by atoms with Crippen molar-refractivity contribution in [2.45, 2.75) is 44.3 Å². The number of rotatable bonds is 3. The van der Waals surface area contributed by atoms with E-state index >= 15 is 0 Å². The van der Waals surface area contributed by atoms with E-state index < -0.39 is 5.97 Å². The molecule has 0 spiro atoms. The molecule has 0 saturated carbocycles. The van der Waals surface area contributed by atoms with Crippen LogP contribution in [0.5, 0.6) is 0 Å². The number of aromatic amines is 1. The van der Waals surface area contributed by atoms with Crippen LogP contribution in [0, 0.1) is 0 Å². The van der Waals surface area contributed by atoms with Gasteiger partial charge in [-0.3, -0.25) is 0 Å². The van der Waals surface area contributed by atoms with Gasteiger partial charge in [0.25, 0.3) is 0 Å². The average Bonchev–Trinajstić information content (AvgIpc) is 3.04. The standard InChI is InChI=1S/C11H15N3O3/c1-2-16-11(15)10-9(12-14-13-10)7-5-6-3-4-8(7)17-6/h6-8H,2-5H2,1H3,(H,12,13,14). The molecule has 0 aliphatic carbocycles. The van der Waals surface area contributed by atoms with Crippen LogP contribution >= 0.6 is 0 Å². The zero-order valence-electron chi connectivity index (χ0n) is 9.68. The number of aromatic nitrogens is 3. The molecule has 92 valence electrons. The van der Waals surface area contributed by atoms with Crippen molar-refractivity contribution in [3.05, 3.63) is 11.4 Å². The summed E-state index contributed by atoms with van der Waals surface area (Å²) < 4.78 is 10.7. The highest BCUT2D eigenvalue weighted by Crippen LogP contribution is 2.44. The van der Waals surface area contributed by atoms with E-state index in [1.807, 2.05) is 0 Å². The Balaban J connectivity index is 1.84. The summed E-state index contributed by atoms with van der Waals surface area (Å²) >= 11 is 0. The minimum Gasteiger partial charge on any atom is -0.461 e. The minimum atomic E-state index is -0.404. The number of nitrogens with zero attached hydrogens (tertiary/aromatic N) is 2. The summed E-state index contributed by atoms with van der Waals surface area (Å²) in [6, 6.07) is 0. The lowest BCUT2D eigenvalue weighted by Crippen LogP contribution is -2.18. The van der Waals surface area contributed by atoms with E-state index in [9.17, 15) is 4.79 Å². The topological polar surface area (TPSA) is 77.1 Å². The Labute approximate surface area is 98.7 Å². The number of H-pyrrole nitrogens is 1. The zero-order valence-corrected chi connectivity index (χ0v) is 9.68. The van der Waals surface area contributed by atoms with Gasteiger partial charge in [-0.05, 0) is 26.2 Å². The molecule has 2 aliphatic rings. The Morgan fingerprint density at radius 1 is 1.53 bits per heavy atom. The highest BCUT2D eigenvalue weighted by atomic mass is 16.5. The molecule has 6 nitrogen and oxygen atoms in total. The first-order chi connectivity index (χ1) is 8.29. The predicted octanol–water partition coefficient (Wildman–Crippen LogP) is 1.02. The maximum absolute atomic E-state index is 11.7. The van der Waals surface area contributed by atoms with Crippen LogP contribution in [0.2, 0.25) is 0 Å². The molecule has 6 heteroatoms. The molecule has 3 unspecified atom stereocenters. The Morgan fingerprint density at radius 2 is 2.41 bits per heavy atom. The number of carbonyl (C=O) groups excluding carboxylic acids is 1. The molecule has 1 N–H and O–H groups in total. The highest BCUT2D eigenvalue weighted by Gasteiger charge is 2.44. The van der Waals surface area contributed by atoms with Gasteiger partial charge < -0.3 is 9.47 Å². The fraction of sp³-hybridized carbons (Fsp3) is 0.727. The van der Waals surface area contributed by atoms with Gasteiger partial charge in [-0.25, -0.2) is 4.79 Å². The molecule has 17 heavy (non-hydrogen) atoms. The normalized spacial score (nSPS) is 30.8. The second-order valence-electron chi connectivity index (χ2n) is 4.49. The van der Waals surface area contributed by atoms with Crippen molar-refractivity contribution in [1.29, 1.82) is 0 Å². The molecule has 3 heterocycles. The Kier molecular flexibility index (Phi) is 2.58. The van der Waals surface area contributed by atoms with Crippen molar-refractivity contribution in [2.24, 2.45) is 0 Å². The van der Waals surface area contributed by atoms with Gasteiger partial charge in [0.15, 0.2) is 5.69 Å². The lowest BCUT2D eigenvalue weighted by atomic mass is 9.86. The van der Waals surface area contributed by atoms with Gasteiger partial charge in [-0.15, -0.1) is 5.10 Å². The van der Waals surface area contributed by atoms with Crippen molar-refractivity contribution in [3.8, 4) is 0 Å². The highest BCUT2D eigenvalue weighted by molar-refractivity contribution is 5.88. The zero-order chi connectivity index (χ0) is 11.8. The number of nitrogens with one attached hydrogen (secondary N) is 1. The summed E-state index contributed by atoms with van der Waals surface area (Å²) in [4.78, 5) is 11.7. The summed E-state index contributed by atoms with van der Waals surface area (Å²) in [6.45, 7) is 2.12. The third kappa shape index (κ3) is 1.72. The van der Waals surface area contributed by atoms with Crippen molar-refractivity contribution >= 4 is 5.97 Å². The van der Waals surface area contributed by atoms with Gasteiger partial charge in [0.05, 0.1) is 18.8 Å². The summed E-state index contributed by atoms with van der Waals surface area (Å²) in [7, 11) is 0. The lowest BCUT2D eigenvalue weighted by molar-refractivity contribution is 0.0516. The molecule has 3 rings (SSSR count). The van der Waals surface area contributed by atoms with Crippen molar-refractivity contribution in [1.82, 2.24) is 15.4 Å². The summed E-state index contributed by atoms with van der Waals surface area (Å²) in [5.74, 6) is -0.217. The quantitative estimate of drug-likeness (QED) is 0.794. The van der Waals surface area contributed by atoms with Gasteiger partial charge in [-0.1, -0.05) is 0 Å². The number of carbonyl (C=O) groups is 1. The second-order valence-corrected chi connectivity index (χ2v) is 4.49. The SMILES string of the molecule is CCOC(=O)c1n[nH]nc1C1CC2CCC1O2. The Hall–Kier alpha value is -1.43. The molecular formula is C11H15N3O3. The van der Waals surface area contributed by atoms with E-state index in [1.54, 1.807) is 6.92 Å². The van der Waals surface area contributed by atoms with E-state index in [1.165, 1.54) is 0 Å². The first-order valence-corrected chi connectivity index (χ1v) is 6.02. The molecule has 2 saturated heterocycles. The molecular weight excluding hydrogens is 222 g/mol. The fourth-order valence-corrected chi connectivity index (χ4v) is 2.77. The summed E-state index contributed by atoms with van der Waals surface area (Å²) in [6.07, 6.45) is 3.62. The molecule has 3 atom stereocenters. The van der Waals surface area contributed by atoms with Gasteiger partial charge >= 0.3 is 5.97 Å². The fourth-order valence-electron chi connectivity index (χ4n) is 2.77. The van der Waals surface area contributed by atoms with Gasteiger partial charge in [0.1, 0.15) is 5.69 Å². The minimum absolute atomic E-state index is 0.187. The molecule has 0 radical (unpaired) electrons. The molecule has 0 aromatic carbocycles. The van der Waals surface area contributed by atoms with Crippen molar-refractivity contribution in [3.63, 3.8) is 0 Å². The van der Waals surface area contributed by atoms with Crippen LogP contribution in [0.1, 0.15) is 48.3 Å². The smallest absolute Gasteiger partial charge is 0.360 e.